The highest BCUT2D eigenvalue weighted by molar-refractivity contribution is 7.73. The molecule has 0 aromatic heterocycles. The SMILES string of the molecule is O=[P@@]1(c2ccccc2)[C@H](c2ccccc2)CC[C@]1(CCO)c1ccccc1. The molecule has 4 rings (SSSR count). The summed E-state index contributed by atoms with van der Waals surface area (Å²) in [5.41, 5.74) is 2.21. The Morgan fingerprint density at radius 2 is 1.41 bits per heavy atom. The summed E-state index contributed by atoms with van der Waals surface area (Å²) in [7, 11) is -2.89. The predicted molar refractivity (Wildman–Crippen MR) is 112 cm³/mol. The molecule has 0 unspecified atom stereocenters. The standard InChI is InChI=1S/C24H25O2P/c25-19-18-24(21-12-6-2-7-13-21)17-16-23(20-10-4-1-5-11-20)27(24,26)22-14-8-3-9-15-22/h1-15,23,25H,16-19H2/t23-,24-,27-/m0/s1. The average Bonchev–Trinajstić information content (AvgIpc) is 3.04. The molecule has 138 valence electrons. The quantitative estimate of drug-likeness (QED) is 0.598. The maximum absolute atomic E-state index is 15.1. The molecule has 0 amide bonds. The molecule has 3 heteroatoms. The summed E-state index contributed by atoms with van der Waals surface area (Å²) in [4.78, 5) is 0. The molecule has 2 nitrogen and oxygen atoms in total. The molecular formula is C24H25O2P. The zero-order chi connectivity index (χ0) is 18.7. The van der Waals surface area contributed by atoms with Crippen molar-refractivity contribution in [1.82, 2.24) is 0 Å². The van der Waals surface area contributed by atoms with Crippen LogP contribution in [0.1, 0.15) is 36.0 Å². The zero-order valence-corrected chi connectivity index (χ0v) is 16.3. The van der Waals surface area contributed by atoms with E-state index >= 15 is 4.57 Å². The second kappa shape index (κ2) is 7.46. The van der Waals surface area contributed by atoms with E-state index in [1.54, 1.807) is 0 Å². The smallest absolute Gasteiger partial charge is 0.132 e. The molecule has 0 spiro atoms. The molecule has 0 aliphatic carbocycles. The lowest BCUT2D eigenvalue weighted by atomic mass is 9.89. The first-order chi connectivity index (χ1) is 13.2. The molecule has 3 aromatic rings. The molecule has 27 heavy (non-hydrogen) atoms. The Balaban J connectivity index is 1.97. The number of aliphatic hydroxyl groups is 1. The summed E-state index contributed by atoms with van der Waals surface area (Å²) in [6.07, 6.45) is 2.21. The van der Waals surface area contributed by atoms with Crippen LogP contribution in [0.3, 0.4) is 0 Å². The van der Waals surface area contributed by atoms with Gasteiger partial charge in [-0.05, 0) is 30.4 Å². The Morgan fingerprint density at radius 1 is 0.852 bits per heavy atom. The number of hydrogen-bond donors (Lipinski definition) is 1. The van der Waals surface area contributed by atoms with Crippen LogP contribution in [-0.2, 0) is 9.72 Å². The zero-order valence-electron chi connectivity index (χ0n) is 15.4. The Labute approximate surface area is 161 Å². The number of benzene rings is 3. The van der Waals surface area contributed by atoms with Gasteiger partial charge in [-0.25, -0.2) is 0 Å². The van der Waals surface area contributed by atoms with Gasteiger partial charge >= 0.3 is 0 Å². The van der Waals surface area contributed by atoms with Crippen molar-refractivity contribution in [3.8, 4) is 0 Å². The van der Waals surface area contributed by atoms with E-state index in [1.807, 2.05) is 66.7 Å². The lowest BCUT2D eigenvalue weighted by Crippen LogP contribution is -2.29. The summed E-state index contributed by atoms with van der Waals surface area (Å²) in [5.74, 6) is 0. The number of rotatable bonds is 5. The van der Waals surface area contributed by atoms with Crippen LogP contribution in [0.25, 0.3) is 0 Å². The second-order valence-corrected chi connectivity index (χ2v) is 10.6. The van der Waals surface area contributed by atoms with Gasteiger partial charge in [0.2, 0.25) is 0 Å². The first kappa shape index (κ1) is 18.2. The molecule has 1 heterocycles. The molecule has 1 saturated heterocycles. The summed E-state index contributed by atoms with van der Waals surface area (Å²) in [5, 5.41) is 10.4. The first-order valence-electron chi connectivity index (χ1n) is 9.59. The molecule has 0 bridgehead atoms. The lowest BCUT2D eigenvalue weighted by Gasteiger charge is -2.38. The van der Waals surface area contributed by atoms with E-state index < -0.39 is 12.3 Å². The van der Waals surface area contributed by atoms with Crippen molar-refractivity contribution < 1.29 is 9.67 Å². The van der Waals surface area contributed by atoms with Gasteiger partial charge in [-0.1, -0.05) is 91.0 Å². The van der Waals surface area contributed by atoms with Crippen LogP contribution in [0, 0.1) is 0 Å². The molecule has 1 aliphatic rings. The second-order valence-electron chi connectivity index (χ2n) is 7.33. The summed E-state index contributed by atoms with van der Waals surface area (Å²) >= 11 is 0. The molecule has 0 radical (unpaired) electrons. The fourth-order valence-corrected chi connectivity index (χ4v) is 9.43. The van der Waals surface area contributed by atoms with Gasteiger partial charge < -0.3 is 9.67 Å². The Hall–Kier alpha value is -2.15. The highest BCUT2D eigenvalue weighted by Crippen LogP contribution is 2.79. The van der Waals surface area contributed by atoms with E-state index in [4.69, 9.17) is 0 Å². The van der Waals surface area contributed by atoms with Gasteiger partial charge in [-0.3, -0.25) is 0 Å². The normalized spacial score (nSPS) is 27.5. The van der Waals surface area contributed by atoms with Crippen molar-refractivity contribution in [2.75, 3.05) is 6.61 Å². The van der Waals surface area contributed by atoms with Crippen molar-refractivity contribution in [3.63, 3.8) is 0 Å². The molecule has 3 aromatic carbocycles. The lowest BCUT2D eigenvalue weighted by molar-refractivity contribution is 0.263. The maximum Gasteiger partial charge on any atom is 0.132 e. The Bertz CT molecular complexity index is 924. The van der Waals surface area contributed by atoms with Crippen LogP contribution in [0.15, 0.2) is 91.0 Å². The third-order valence-electron chi connectivity index (χ3n) is 6.07. The van der Waals surface area contributed by atoms with E-state index in [2.05, 4.69) is 24.3 Å². The number of aliphatic hydroxyl groups excluding tert-OH is 1. The van der Waals surface area contributed by atoms with Crippen LogP contribution in [0.2, 0.25) is 0 Å². The molecule has 3 atom stereocenters. The molecule has 1 aliphatic heterocycles. The monoisotopic (exact) mass is 376 g/mol. The molecular weight excluding hydrogens is 351 g/mol. The van der Waals surface area contributed by atoms with E-state index in [9.17, 15) is 5.11 Å². The molecule has 1 N–H and O–H groups in total. The van der Waals surface area contributed by atoms with Gasteiger partial charge in [0.15, 0.2) is 0 Å². The highest BCUT2D eigenvalue weighted by atomic mass is 31.2. The average molecular weight is 376 g/mol. The fraction of sp³-hybridized carbons (Fsp3) is 0.250. The van der Waals surface area contributed by atoms with Gasteiger partial charge in [0.1, 0.15) is 7.14 Å². The Kier molecular flexibility index (Phi) is 5.04. The van der Waals surface area contributed by atoms with Crippen LogP contribution < -0.4 is 5.30 Å². The van der Waals surface area contributed by atoms with Crippen LogP contribution in [0.4, 0.5) is 0 Å². The minimum absolute atomic E-state index is 0.0205. The Morgan fingerprint density at radius 3 is 2.00 bits per heavy atom. The van der Waals surface area contributed by atoms with Gasteiger partial charge in [0.25, 0.3) is 0 Å². The van der Waals surface area contributed by atoms with E-state index in [0.717, 1.165) is 29.3 Å². The van der Waals surface area contributed by atoms with Crippen molar-refractivity contribution >= 4 is 12.4 Å². The van der Waals surface area contributed by atoms with Gasteiger partial charge in [-0.2, -0.15) is 0 Å². The number of hydrogen-bond acceptors (Lipinski definition) is 2. The van der Waals surface area contributed by atoms with Crippen LogP contribution in [-0.4, -0.2) is 11.7 Å². The van der Waals surface area contributed by atoms with Crippen molar-refractivity contribution in [3.05, 3.63) is 102 Å². The van der Waals surface area contributed by atoms with Crippen molar-refractivity contribution in [1.29, 1.82) is 0 Å². The van der Waals surface area contributed by atoms with E-state index in [0.29, 0.717) is 6.42 Å². The molecule has 0 saturated carbocycles. The van der Waals surface area contributed by atoms with E-state index in [-0.39, 0.29) is 12.3 Å². The van der Waals surface area contributed by atoms with Crippen LogP contribution in [0.5, 0.6) is 0 Å². The summed E-state index contributed by atoms with van der Waals surface area (Å²) < 4.78 is 15.1. The fourth-order valence-electron chi connectivity index (χ4n) is 4.85. The summed E-state index contributed by atoms with van der Waals surface area (Å²) in [6.45, 7) is 0.0349. The van der Waals surface area contributed by atoms with E-state index in [1.165, 1.54) is 0 Å². The van der Waals surface area contributed by atoms with Crippen molar-refractivity contribution in [2.24, 2.45) is 0 Å². The predicted octanol–water partition coefficient (Wildman–Crippen LogP) is 5.49. The van der Waals surface area contributed by atoms with Crippen LogP contribution >= 0.6 is 7.14 Å². The van der Waals surface area contributed by atoms with Gasteiger partial charge in [-0.15, -0.1) is 0 Å². The largest absolute Gasteiger partial charge is 0.396 e. The first-order valence-corrected chi connectivity index (χ1v) is 11.4. The highest BCUT2D eigenvalue weighted by Gasteiger charge is 2.58. The third-order valence-corrected chi connectivity index (χ3v) is 10.5. The molecule has 1 fully saturated rings. The third kappa shape index (κ3) is 2.88. The maximum atomic E-state index is 15.1. The minimum Gasteiger partial charge on any atom is -0.396 e. The topological polar surface area (TPSA) is 37.3 Å². The summed E-state index contributed by atoms with van der Waals surface area (Å²) in [6, 6.07) is 30.4. The minimum atomic E-state index is -2.89. The van der Waals surface area contributed by atoms with Crippen molar-refractivity contribution in [2.45, 2.75) is 30.1 Å². The van der Waals surface area contributed by atoms with Gasteiger partial charge in [0.05, 0.1) is 5.16 Å². The van der Waals surface area contributed by atoms with Gasteiger partial charge in [0, 0.05) is 17.6 Å².